The summed E-state index contributed by atoms with van der Waals surface area (Å²) in [5, 5.41) is 7.05. The van der Waals surface area contributed by atoms with Gasteiger partial charge in [-0.3, -0.25) is 9.48 Å². The fourth-order valence-corrected chi connectivity index (χ4v) is 3.15. The first-order valence-corrected chi connectivity index (χ1v) is 8.35. The van der Waals surface area contributed by atoms with Crippen LogP contribution in [-0.2, 0) is 4.74 Å². The molecule has 1 saturated heterocycles. The van der Waals surface area contributed by atoms with E-state index in [4.69, 9.17) is 4.74 Å². The molecule has 1 amide bonds. The number of benzene rings is 1. The maximum absolute atomic E-state index is 13.9. The van der Waals surface area contributed by atoms with Gasteiger partial charge in [-0.05, 0) is 32.8 Å². The van der Waals surface area contributed by atoms with Crippen molar-refractivity contribution < 1.29 is 18.3 Å². The molecule has 1 fully saturated rings. The summed E-state index contributed by atoms with van der Waals surface area (Å²) in [6.07, 6.45) is 3.23. The predicted molar refractivity (Wildman–Crippen MR) is 88.3 cm³/mol. The molecule has 0 aliphatic carbocycles. The van der Waals surface area contributed by atoms with Crippen molar-refractivity contribution in [1.82, 2.24) is 15.1 Å². The van der Waals surface area contributed by atoms with Crippen LogP contribution in [0.25, 0.3) is 0 Å². The average Bonchev–Trinajstić information content (AvgIpc) is 2.99. The Bertz CT molecular complexity index is 770. The lowest BCUT2D eigenvalue weighted by molar-refractivity contribution is 0.0656. The van der Waals surface area contributed by atoms with Gasteiger partial charge in [-0.2, -0.15) is 5.10 Å². The van der Waals surface area contributed by atoms with Crippen molar-refractivity contribution in [2.24, 2.45) is 0 Å². The molecule has 7 heteroatoms. The molecule has 3 rings (SSSR count). The standard InChI is InChI=1S/C18H21F2N3O2/c1-11(14-4-3-5-16(19)17(14)20)22-18(24)15-10-21-23(12(15)2)13-6-8-25-9-7-13/h3-5,10-11,13H,6-9H2,1-2H3,(H,22,24). The van der Waals surface area contributed by atoms with Crippen LogP contribution >= 0.6 is 0 Å². The zero-order chi connectivity index (χ0) is 18.0. The van der Waals surface area contributed by atoms with E-state index in [2.05, 4.69) is 10.4 Å². The van der Waals surface area contributed by atoms with Crippen molar-refractivity contribution in [1.29, 1.82) is 0 Å². The molecule has 1 aromatic heterocycles. The largest absolute Gasteiger partial charge is 0.381 e. The predicted octanol–water partition coefficient (Wildman–Crippen LogP) is 3.31. The van der Waals surface area contributed by atoms with Gasteiger partial charge in [0.15, 0.2) is 11.6 Å². The first-order valence-electron chi connectivity index (χ1n) is 8.35. The van der Waals surface area contributed by atoms with Crippen LogP contribution in [0.4, 0.5) is 8.78 Å². The minimum atomic E-state index is -0.940. The molecular weight excluding hydrogens is 328 g/mol. The van der Waals surface area contributed by atoms with Crippen LogP contribution in [0, 0.1) is 18.6 Å². The highest BCUT2D eigenvalue weighted by Gasteiger charge is 2.23. The number of aromatic nitrogens is 2. The Morgan fingerprint density at radius 3 is 2.80 bits per heavy atom. The fraction of sp³-hybridized carbons (Fsp3) is 0.444. The average molecular weight is 349 g/mol. The molecule has 0 bridgehead atoms. The molecule has 1 N–H and O–H groups in total. The third-order valence-electron chi connectivity index (χ3n) is 4.62. The molecule has 25 heavy (non-hydrogen) atoms. The number of ether oxygens (including phenoxy) is 1. The van der Waals surface area contributed by atoms with Crippen molar-refractivity contribution in [3.63, 3.8) is 0 Å². The van der Waals surface area contributed by atoms with Crippen molar-refractivity contribution in [3.05, 3.63) is 52.9 Å². The Labute approximate surface area is 145 Å². The van der Waals surface area contributed by atoms with E-state index < -0.39 is 17.7 Å². The highest BCUT2D eigenvalue weighted by atomic mass is 19.2. The van der Waals surface area contributed by atoms with E-state index in [1.54, 1.807) is 6.92 Å². The Morgan fingerprint density at radius 2 is 2.08 bits per heavy atom. The summed E-state index contributed by atoms with van der Waals surface area (Å²) in [4.78, 5) is 12.5. The second kappa shape index (κ2) is 7.31. The molecule has 0 spiro atoms. The summed E-state index contributed by atoms with van der Waals surface area (Å²) in [7, 11) is 0. The van der Waals surface area contributed by atoms with Gasteiger partial charge in [0, 0.05) is 24.5 Å². The van der Waals surface area contributed by atoms with E-state index in [0.29, 0.717) is 18.8 Å². The van der Waals surface area contributed by atoms with Crippen LogP contribution in [0.1, 0.15) is 53.5 Å². The normalized spacial score (nSPS) is 16.6. The maximum Gasteiger partial charge on any atom is 0.255 e. The first-order chi connectivity index (χ1) is 12.0. The second-order valence-corrected chi connectivity index (χ2v) is 6.27. The molecule has 0 radical (unpaired) electrons. The highest BCUT2D eigenvalue weighted by molar-refractivity contribution is 5.95. The fourth-order valence-electron chi connectivity index (χ4n) is 3.15. The highest BCUT2D eigenvalue weighted by Crippen LogP contribution is 2.24. The number of nitrogens with zero attached hydrogens (tertiary/aromatic N) is 2. The Balaban J connectivity index is 1.75. The number of carbonyl (C=O) groups is 1. The SMILES string of the molecule is Cc1c(C(=O)NC(C)c2cccc(F)c2F)cnn1C1CCOCC1. The van der Waals surface area contributed by atoms with Crippen LogP contribution in [0.3, 0.4) is 0 Å². The first kappa shape index (κ1) is 17.5. The third-order valence-corrected chi connectivity index (χ3v) is 4.62. The number of hydrogen-bond donors (Lipinski definition) is 1. The van der Waals surface area contributed by atoms with Crippen LogP contribution < -0.4 is 5.32 Å². The van der Waals surface area contributed by atoms with Gasteiger partial charge in [0.25, 0.3) is 5.91 Å². The van der Waals surface area contributed by atoms with Crippen LogP contribution in [0.2, 0.25) is 0 Å². The molecule has 5 nitrogen and oxygen atoms in total. The molecule has 1 atom stereocenters. The van der Waals surface area contributed by atoms with Crippen molar-refractivity contribution in [2.45, 2.75) is 38.8 Å². The lowest BCUT2D eigenvalue weighted by Crippen LogP contribution is -2.28. The monoisotopic (exact) mass is 349 g/mol. The molecule has 1 aliphatic rings. The third kappa shape index (κ3) is 3.56. The lowest BCUT2D eigenvalue weighted by atomic mass is 10.1. The summed E-state index contributed by atoms with van der Waals surface area (Å²) < 4.78 is 34.4. The minimum Gasteiger partial charge on any atom is -0.381 e. The summed E-state index contributed by atoms with van der Waals surface area (Å²) in [6.45, 7) is 4.82. The van der Waals surface area contributed by atoms with E-state index >= 15 is 0 Å². The molecule has 2 aromatic rings. The number of halogens is 2. The molecule has 1 aliphatic heterocycles. The number of hydrogen-bond acceptors (Lipinski definition) is 3. The van der Waals surface area contributed by atoms with Gasteiger partial charge in [-0.25, -0.2) is 8.78 Å². The second-order valence-electron chi connectivity index (χ2n) is 6.27. The quantitative estimate of drug-likeness (QED) is 0.921. The van der Waals surface area contributed by atoms with Crippen molar-refractivity contribution in [3.8, 4) is 0 Å². The Kier molecular flexibility index (Phi) is 5.13. The van der Waals surface area contributed by atoms with E-state index in [0.717, 1.165) is 24.6 Å². The molecular formula is C18H21F2N3O2. The smallest absolute Gasteiger partial charge is 0.255 e. The van der Waals surface area contributed by atoms with Crippen LogP contribution in [0.5, 0.6) is 0 Å². The van der Waals surface area contributed by atoms with Crippen molar-refractivity contribution >= 4 is 5.91 Å². The van der Waals surface area contributed by atoms with Gasteiger partial charge in [0.2, 0.25) is 0 Å². The molecule has 0 saturated carbocycles. The zero-order valence-electron chi connectivity index (χ0n) is 14.3. The van der Waals surface area contributed by atoms with E-state index in [9.17, 15) is 13.6 Å². The van der Waals surface area contributed by atoms with E-state index in [1.165, 1.54) is 18.3 Å². The molecule has 2 heterocycles. The number of carbonyl (C=O) groups excluding carboxylic acids is 1. The summed E-state index contributed by atoms with van der Waals surface area (Å²) >= 11 is 0. The molecule has 1 unspecified atom stereocenters. The van der Waals surface area contributed by atoms with E-state index in [1.807, 2.05) is 11.6 Å². The minimum absolute atomic E-state index is 0.114. The van der Waals surface area contributed by atoms with Crippen LogP contribution in [-0.4, -0.2) is 28.9 Å². The van der Waals surface area contributed by atoms with E-state index in [-0.39, 0.29) is 17.5 Å². The van der Waals surface area contributed by atoms with Gasteiger partial charge in [-0.1, -0.05) is 12.1 Å². The van der Waals surface area contributed by atoms with Crippen LogP contribution in [0.15, 0.2) is 24.4 Å². The Hall–Kier alpha value is -2.28. The topological polar surface area (TPSA) is 56.2 Å². The van der Waals surface area contributed by atoms with Gasteiger partial charge < -0.3 is 10.1 Å². The lowest BCUT2D eigenvalue weighted by Gasteiger charge is -2.23. The summed E-state index contributed by atoms with van der Waals surface area (Å²) in [6, 6.07) is 3.49. The number of nitrogens with one attached hydrogen (secondary N) is 1. The number of rotatable bonds is 4. The zero-order valence-corrected chi connectivity index (χ0v) is 14.3. The summed E-state index contributed by atoms with van der Waals surface area (Å²) in [5.41, 5.74) is 1.31. The molecule has 134 valence electrons. The number of amides is 1. The summed E-state index contributed by atoms with van der Waals surface area (Å²) in [5.74, 6) is -2.22. The molecule has 1 aromatic carbocycles. The Morgan fingerprint density at radius 1 is 1.36 bits per heavy atom. The van der Waals surface area contributed by atoms with Gasteiger partial charge in [-0.15, -0.1) is 0 Å². The maximum atomic E-state index is 13.9. The van der Waals surface area contributed by atoms with Crippen molar-refractivity contribution in [2.75, 3.05) is 13.2 Å². The van der Waals surface area contributed by atoms with Gasteiger partial charge >= 0.3 is 0 Å². The van der Waals surface area contributed by atoms with Gasteiger partial charge in [0.05, 0.1) is 23.8 Å². The van der Waals surface area contributed by atoms with Gasteiger partial charge in [0.1, 0.15) is 0 Å².